The summed E-state index contributed by atoms with van der Waals surface area (Å²) in [7, 11) is 1.91. The van der Waals surface area contributed by atoms with Crippen LogP contribution in [0.4, 0.5) is 0 Å². The summed E-state index contributed by atoms with van der Waals surface area (Å²) in [5.41, 5.74) is 1.06. The Morgan fingerprint density at radius 2 is 2.38 bits per heavy atom. The fourth-order valence-electron chi connectivity index (χ4n) is 2.30. The van der Waals surface area contributed by atoms with E-state index < -0.39 is 0 Å². The second-order valence-electron chi connectivity index (χ2n) is 4.87. The molecular formula is C11H21N5. The standard InChI is InChI=1S/C11H21N5/c1-9(2)11-6-12-4-5-16(11)8-10-7-15(3)14-13-10/h7,9,11-12H,4-6,8H2,1-3H3. The average Bonchev–Trinajstić information content (AvgIpc) is 2.64. The molecule has 1 atom stereocenters. The normalized spacial score (nSPS) is 22.9. The van der Waals surface area contributed by atoms with Gasteiger partial charge in [0.25, 0.3) is 0 Å². The van der Waals surface area contributed by atoms with Gasteiger partial charge in [-0.25, -0.2) is 0 Å². The van der Waals surface area contributed by atoms with Crippen LogP contribution in [0.5, 0.6) is 0 Å². The van der Waals surface area contributed by atoms with Gasteiger partial charge in [-0.15, -0.1) is 5.10 Å². The summed E-state index contributed by atoms with van der Waals surface area (Å²) in [6.07, 6.45) is 2.00. The first-order valence-corrected chi connectivity index (χ1v) is 5.97. The maximum atomic E-state index is 4.15. The van der Waals surface area contributed by atoms with Crippen molar-refractivity contribution in [1.82, 2.24) is 25.2 Å². The van der Waals surface area contributed by atoms with Gasteiger partial charge >= 0.3 is 0 Å². The SMILES string of the molecule is CC(C)C1CNCCN1Cc1cn(C)nn1. The van der Waals surface area contributed by atoms with Crippen LogP contribution in [0.1, 0.15) is 19.5 Å². The van der Waals surface area contributed by atoms with E-state index in [1.54, 1.807) is 4.68 Å². The van der Waals surface area contributed by atoms with Crippen molar-refractivity contribution in [1.29, 1.82) is 0 Å². The quantitative estimate of drug-likeness (QED) is 0.797. The molecule has 2 heterocycles. The minimum absolute atomic E-state index is 0.607. The first-order valence-electron chi connectivity index (χ1n) is 5.97. The predicted molar refractivity (Wildman–Crippen MR) is 62.9 cm³/mol. The Bertz CT molecular complexity index is 333. The fraction of sp³-hybridized carbons (Fsp3) is 0.818. The molecule has 0 aliphatic carbocycles. The van der Waals surface area contributed by atoms with E-state index in [4.69, 9.17) is 0 Å². The second kappa shape index (κ2) is 4.93. The molecule has 1 fully saturated rings. The van der Waals surface area contributed by atoms with E-state index in [1.807, 2.05) is 13.2 Å². The highest BCUT2D eigenvalue weighted by Crippen LogP contribution is 2.15. The summed E-state index contributed by atoms with van der Waals surface area (Å²) < 4.78 is 1.77. The van der Waals surface area contributed by atoms with Crippen molar-refractivity contribution in [3.8, 4) is 0 Å². The highest BCUT2D eigenvalue weighted by Gasteiger charge is 2.25. The van der Waals surface area contributed by atoms with Gasteiger partial charge in [0.1, 0.15) is 0 Å². The summed E-state index contributed by atoms with van der Waals surface area (Å²) in [4.78, 5) is 2.51. The monoisotopic (exact) mass is 223 g/mol. The Morgan fingerprint density at radius 3 is 3.00 bits per heavy atom. The molecule has 0 spiro atoms. The van der Waals surface area contributed by atoms with E-state index in [-0.39, 0.29) is 0 Å². The predicted octanol–water partition coefficient (Wildman–Crippen LogP) is 0.245. The molecule has 0 amide bonds. The van der Waals surface area contributed by atoms with Crippen molar-refractivity contribution in [2.24, 2.45) is 13.0 Å². The summed E-state index contributed by atoms with van der Waals surface area (Å²) in [6, 6.07) is 0.607. The zero-order chi connectivity index (χ0) is 11.5. The topological polar surface area (TPSA) is 46.0 Å². The Kier molecular flexibility index (Phi) is 3.56. The molecule has 1 aromatic heterocycles. The maximum Gasteiger partial charge on any atom is 0.0967 e. The highest BCUT2D eigenvalue weighted by molar-refractivity contribution is 4.94. The Balaban J connectivity index is 2.01. The lowest BCUT2D eigenvalue weighted by Crippen LogP contribution is -2.53. The third-order valence-electron chi connectivity index (χ3n) is 3.18. The van der Waals surface area contributed by atoms with E-state index in [1.165, 1.54) is 0 Å². The molecule has 90 valence electrons. The van der Waals surface area contributed by atoms with Crippen LogP contribution in [0, 0.1) is 5.92 Å². The molecule has 2 rings (SSSR count). The number of hydrogen-bond acceptors (Lipinski definition) is 4. The molecular weight excluding hydrogens is 202 g/mol. The summed E-state index contributed by atoms with van der Waals surface area (Å²) in [5.74, 6) is 0.671. The lowest BCUT2D eigenvalue weighted by atomic mass is 10.0. The van der Waals surface area contributed by atoms with Crippen molar-refractivity contribution in [3.63, 3.8) is 0 Å². The largest absolute Gasteiger partial charge is 0.314 e. The molecule has 16 heavy (non-hydrogen) atoms. The van der Waals surface area contributed by atoms with Gasteiger partial charge in [-0.2, -0.15) is 0 Å². The minimum atomic E-state index is 0.607. The third kappa shape index (κ3) is 2.59. The molecule has 1 saturated heterocycles. The average molecular weight is 223 g/mol. The Morgan fingerprint density at radius 1 is 1.56 bits per heavy atom. The Hall–Kier alpha value is -0.940. The maximum absolute atomic E-state index is 4.15. The number of nitrogens with zero attached hydrogens (tertiary/aromatic N) is 4. The summed E-state index contributed by atoms with van der Waals surface area (Å²) in [5, 5.41) is 11.6. The van der Waals surface area contributed by atoms with Gasteiger partial charge in [-0.3, -0.25) is 9.58 Å². The minimum Gasteiger partial charge on any atom is -0.314 e. The van der Waals surface area contributed by atoms with Crippen molar-refractivity contribution in [2.75, 3.05) is 19.6 Å². The second-order valence-corrected chi connectivity index (χ2v) is 4.87. The highest BCUT2D eigenvalue weighted by atomic mass is 15.4. The van der Waals surface area contributed by atoms with Gasteiger partial charge in [0, 0.05) is 45.5 Å². The van der Waals surface area contributed by atoms with Gasteiger partial charge < -0.3 is 5.32 Å². The zero-order valence-corrected chi connectivity index (χ0v) is 10.3. The lowest BCUT2D eigenvalue weighted by molar-refractivity contribution is 0.115. The molecule has 1 aromatic rings. The van der Waals surface area contributed by atoms with E-state index in [0.29, 0.717) is 12.0 Å². The first-order chi connectivity index (χ1) is 7.66. The first kappa shape index (κ1) is 11.5. The zero-order valence-electron chi connectivity index (χ0n) is 10.3. The molecule has 0 aromatic carbocycles. The number of piperazine rings is 1. The number of rotatable bonds is 3. The number of nitrogens with one attached hydrogen (secondary N) is 1. The van der Waals surface area contributed by atoms with Gasteiger partial charge in [-0.1, -0.05) is 19.1 Å². The number of hydrogen-bond donors (Lipinski definition) is 1. The van der Waals surface area contributed by atoms with E-state index >= 15 is 0 Å². The number of aromatic nitrogens is 3. The van der Waals surface area contributed by atoms with Gasteiger partial charge in [-0.05, 0) is 5.92 Å². The van der Waals surface area contributed by atoms with Crippen molar-refractivity contribution < 1.29 is 0 Å². The van der Waals surface area contributed by atoms with Crippen molar-refractivity contribution >= 4 is 0 Å². The van der Waals surface area contributed by atoms with Crippen LogP contribution < -0.4 is 5.32 Å². The Labute approximate surface area is 96.8 Å². The van der Waals surface area contributed by atoms with Crippen LogP contribution >= 0.6 is 0 Å². The van der Waals surface area contributed by atoms with E-state index in [9.17, 15) is 0 Å². The third-order valence-corrected chi connectivity index (χ3v) is 3.18. The van der Waals surface area contributed by atoms with E-state index in [2.05, 4.69) is 34.4 Å². The number of aryl methyl sites for hydroxylation is 1. The molecule has 5 nitrogen and oxygen atoms in total. The van der Waals surface area contributed by atoms with Crippen molar-refractivity contribution in [2.45, 2.75) is 26.4 Å². The molecule has 1 N–H and O–H groups in total. The summed E-state index contributed by atoms with van der Waals surface area (Å²) >= 11 is 0. The van der Waals surface area contributed by atoms with Crippen LogP contribution in [-0.4, -0.2) is 45.6 Å². The van der Waals surface area contributed by atoms with Crippen LogP contribution in [0.15, 0.2) is 6.20 Å². The van der Waals surface area contributed by atoms with Crippen LogP contribution in [0.25, 0.3) is 0 Å². The summed E-state index contributed by atoms with van der Waals surface area (Å²) in [6.45, 7) is 8.72. The lowest BCUT2D eigenvalue weighted by Gasteiger charge is -2.38. The van der Waals surface area contributed by atoms with Crippen LogP contribution in [-0.2, 0) is 13.6 Å². The molecule has 0 saturated carbocycles. The van der Waals surface area contributed by atoms with Crippen LogP contribution in [0.3, 0.4) is 0 Å². The molecule has 5 heteroatoms. The molecule has 1 unspecified atom stereocenters. The van der Waals surface area contributed by atoms with Gasteiger partial charge in [0.05, 0.1) is 5.69 Å². The smallest absolute Gasteiger partial charge is 0.0967 e. The fourth-order valence-corrected chi connectivity index (χ4v) is 2.30. The van der Waals surface area contributed by atoms with E-state index in [0.717, 1.165) is 31.9 Å². The molecule has 1 aliphatic rings. The molecule has 1 aliphatic heterocycles. The van der Waals surface area contributed by atoms with Crippen molar-refractivity contribution in [3.05, 3.63) is 11.9 Å². The molecule has 0 bridgehead atoms. The van der Waals surface area contributed by atoms with Crippen LogP contribution in [0.2, 0.25) is 0 Å². The molecule has 0 radical (unpaired) electrons. The van der Waals surface area contributed by atoms with Gasteiger partial charge in [0.15, 0.2) is 0 Å². The van der Waals surface area contributed by atoms with Gasteiger partial charge in [0.2, 0.25) is 0 Å².